The molecule has 0 N–H and O–H groups in total. The largest absolute Gasteiger partial charge is 0.372 e. The van der Waals surface area contributed by atoms with Crippen LogP contribution < -0.4 is 0 Å². The van der Waals surface area contributed by atoms with Gasteiger partial charge in [0, 0.05) is 22.0 Å². The molecule has 1 aromatic rings. The minimum atomic E-state index is 0.434. The van der Waals surface area contributed by atoms with Crippen LogP contribution in [0.25, 0.3) is 0 Å². The molecule has 0 aromatic heterocycles. The second kappa shape index (κ2) is 6.63. The van der Waals surface area contributed by atoms with Crippen LogP contribution in [0.5, 0.6) is 0 Å². The Hall–Kier alpha value is -0.470. The molecular weight excluding hydrogens is 240 g/mol. The number of benzene rings is 1. The fraction of sp³-hybridized carbons (Fsp3) is 0.625. The molecule has 18 heavy (non-hydrogen) atoms. The maximum absolute atomic E-state index is 5.52. The van der Waals surface area contributed by atoms with Gasteiger partial charge in [0.2, 0.25) is 0 Å². The summed E-state index contributed by atoms with van der Waals surface area (Å²) in [7, 11) is 0.434. The first-order chi connectivity index (χ1) is 8.80. The summed E-state index contributed by atoms with van der Waals surface area (Å²) in [4.78, 5) is 1.68. The van der Waals surface area contributed by atoms with E-state index in [4.69, 9.17) is 4.74 Å². The second-order valence-corrected chi connectivity index (χ2v) is 7.03. The number of rotatable bonds is 4. The van der Waals surface area contributed by atoms with E-state index in [1.165, 1.54) is 29.9 Å². The Morgan fingerprint density at radius 3 is 1.94 bits per heavy atom. The molecule has 1 saturated heterocycles. The molecule has 0 radical (unpaired) electrons. The zero-order valence-electron chi connectivity index (χ0n) is 11.9. The fourth-order valence-corrected chi connectivity index (χ4v) is 5.05. The van der Waals surface area contributed by atoms with Crippen molar-refractivity contribution >= 4 is 10.9 Å². The van der Waals surface area contributed by atoms with Crippen molar-refractivity contribution in [3.63, 3.8) is 0 Å². The van der Waals surface area contributed by atoms with Crippen molar-refractivity contribution in [2.45, 2.75) is 44.9 Å². The molecule has 100 valence electrons. The van der Waals surface area contributed by atoms with Crippen LogP contribution in [0, 0.1) is 0 Å². The minimum Gasteiger partial charge on any atom is -0.372 e. The molecule has 2 rings (SSSR count). The van der Waals surface area contributed by atoms with Crippen LogP contribution >= 0.6 is 0 Å². The average Bonchev–Trinajstić information content (AvgIpc) is 2.46. The van der Waals surface area contributed by atoms with Gasteiger partial charge in [0.15, 0.2) is 4.90 Å². The molecule has 1 aliphatic rings. The molecule has 1 nitrogen and oxygen atoms in total. The SMILES string of the molecule is CCc1cc(CC)c([S+]2CCOCC2)c(CC)c1. The maximum Gasteiger partial charge on any atom is 0.161 e. The van der Waals surface area contributed by atoms with Crippen LogP contribution in [0.15, 0.2) is 17.0 Å². The Bertz CT molecular complexity index is 369. The van der Waals surface area contributed by atoms with Crippen molar-refractivity contribution in [1.82, 2.24) is 0 Å². The fourth-order valence-electron chi connectivity index (χ4n) is 2.65. The van der Waals surface area contributed by atoms with Crippen molar-refractivity contribution in [2.75, 3.05) is 24.7 Å². The van der Waals surface area contributed by atoms with E-state index in [-0.39, 0.29) is 0 Å². The molecular formula is C16H25OS+. The first-order valence-electron chi connectivity index (χ1n) is 7.20. The van der Waals surface area contributed by atoms with Crippen LogP contribution in [-0.4, -0.2) is 24.7 Å². The van der Waals surface area contributed by atoms with Crippen molar-refractivity contribution in [2.24, 2.45) is 0 Å². The van der Waals surface area contributed by atoms with Crippen LogP contribution in [0.2, 0.25) is 0 Å². The zero-order chi connectivity index (χ0) is 13.0. The molecule has 0 aliphatic carbocycles. The summed E-state index contributed by atoms with van der Waals surface area (Å²) in [6.07, 6.45) is 3.48. The molecule has 0 unspecified atom stereocenters. The third-order valence-electron chi connectivity index (χ3n) is 3.71. The van der Waals surface area contributed by atoms with Gasteiger partial charge in [-0.15, -0.1) is 0 Å². The average molecular weight is 265 g/mol. The second-order valence-electron chi connectivity index (χ2n) is 4.82. The van der Waals surface area contributed by atoms with Gasteiger partial charge in [0.25, 0.3) is 0 Å². The van der Waals surface area contributed by atoms with Crippen molar-refractivity contribution in [3.05, 3.63) is 28.8 Å². The first kappa shape index (κ1) is 14.0. The van der Waals surface area contributed by atoms with Crippen molar-refractivity contribution in [3.8, 4) is 0 Å². The summed E-state index contributed by atoms with van der Waals surface area (Å²) >= 11 is 0. The summed E-state index contributed by atoms with van der Waals surface area (Å²) in [5.41, 5.74) is 4.69. The van der Waals surface area contributed by atoms with Crippen LogP contribution in [0.1, 0.15) is 37.5 Å². The number of hydrogen-bond acceptors (Lipinski definition) is 1. The number of aryl methyl sites for hydroxylation is 3. The summed E-state index contributed by atoms with van der Waals surface area (Å²) in [6, 6.07) is 4.88. The molecule has 0 saturated carbocycles. The van der Waals surface area contributed by atoms with E-state index in [1.807, 2.05) is 0 Å². The molecule has 1 heterocycles. The Morgan fingerprint density at radius 1 is 0.944 bits per heavy atom. The van der Waals surface area contributed by atoms with E-state index in [9.17, 15) is 0 Å². The first-order valence-corrected chi connectivity index (χ1v) is 8.76. The van der Waals surface area contributed by atoms with Crippen LogP contribution in [0.3, 0.4) is 0 Å². The lowest BCUT2D eigenvalue weighted by molar-refractivity contribution is 0.159. The number of hydrogen-bond donors (Lipinski definition) is 0. The summed E-state index contributed by atoms with van der Waals surface area (Å²) in [6.45, 7) is 8.74. The predicted octanol–water partition coefficient (Wildman–Crippen LogP) is 3.38. The Balaban J connectivity index is 2.41. The monoisotopic (exact) mass is 265 g/mol. The van der Waals surface area contributed by atoms with E-state index in [2.05, 4.69) is 32.9 Å². The maximum atomic E-state index is 5.52. The highest BCUT2D eigenvalue weighted by atomic mass is 32.2. The topological polar surface area (TPSA) is 9.23 Å². The lowest BCUT2D eigenvalue weighted by Crippen LogP contribution is -2.28. The van der Waals surface area contributed by atoms with E-state index in [0.717, 1.165) is 19.6 Å². The van der Waals surface area contributed by atoms with Crippen LogP contribution in [0.4, 0.5) is 0 Å². The molecule has 0 amide bonds. The Labute approximate surface area is 114 Å². The third kappa shape index (κ3) is 2.92. The predicted molar refractivity (Wildman–Crippen MR) is 80.8 cm³/mol. The summed E-state index contributed by atoms with van der Waals surface area (Å²) in [5, 5.41) is 0. The van der Waals surface area contributed by atoms with Gasteiger partial charge in [0.1, 0.15) is 11.5 Å². The highest BCUT2D eigenvalue weighted by Crippen LogP contribution is 2.28. The van der Waals surface area contributed by atoms with Gasteiger partial charge < -0.3 is 4.74 Å². The van der Waals surface area contributed by atoms with Gasteiger partial charge >= 0.3 is 0 Å². The minimum absolute atomic E-state index is 0.434. The van der Waals surface area contributed by atoms with Gasteiger partial charge in [-0.25, -0.2) is 0 Å². The molecule has 2 heteroatoms. The highest BCUT2D eigenvalue weighted by Gasteiger charge is 2.30. The van der Waals surface area contributed by atoms with Gasteiger partial charge in [-0.3, -0.25) is 0 Å². The van der Waals surface area contributed by atoms with Gasteiger partial charge in [-0.2, -0.15) is 0 Å². The molecule has 1 aliphatic heterocycles. The van der Waals surface area contributed by atoms with Crippen molar-refractivity contribution in [1.29, 1.82) is 0 Å². The Kier molecular flexibility index (Phi) is 5.13. The molecule has 1 aromatic carbocycles. The quantitative estimate of drug-likeness (QED) is 0.758. The summed E-state index contributed by atoms with van der Waals surface area (Å²) < 4.78 is 5.52. The van der Waals surface area contributed by atoms with Gasteiger partial charge in [-0.05, 0) is 24.8 Å². The molecule has 0 spiro atoms. The zero-order valence-corrected chi connectivity index (χ0v) is 12.7. The highest BCUT2D eigenvalue weighted by molar-refractivity contribution is 7.97. The lowest BCUT2D eigenvalue weighted by Gasteiger charge is -2.19. The van der Waals surface area contributed by atoms with Gasteiger partial charge in [0.05, 0.1) is 13.2 Å². The molecule has 0 atom stereocenters. The summed E-state index contributed by atoms with van der Waals surface area (Å²) in [5.74, 6) is 2.46. The van der Waals surface area contributed by atoms with Crippen LogP contribution in [-0.2, 0) is 34.9 Å². The Morgan fingerprint density at radius 2 is 1.50 bits per heavy atom. The normalized spacial score (nSPS) is 17.1. The van der Waals surface area contributed by atoms with Crippen molar-refractivity contribution < 1.29 is 4.74 Å². The third-order valence-corrected chi connectivity index (χ3v) is 6.13. The molecule has 1 fully saturated rings. The van der Waals surface area contributed by atoms with E-state index >= 15 is 0 Å². The van der Waals surface area contributed by atoms with E-state index in [0.29, 0.717) is 10.9 Å². The lowest BCUT2D eigenvalue weighted by atomic mass is 10.0. The van der Waals surface area contributed by atoms with Gasteiger partial charge in [-0.1, -0.05) is 32.9 Å². The standard InChI is InChI=1S/C16H25OS/c1-4-13-11-14(5-2)16(15(6-3)12-13)18-9-7-17-8-10-18/h11-12H,4-10H2,1-3H3/q+1. The number of ether oxygens (including phenoxy) is 1. The smallest absolute Gasteiger partial charge is 0.161 e. The van der Waals surface area contributed by atoms with E-state index < -0.39 is 0 Å². The van der Waals surface area contributed by atoms with E-state index in [1.54, 1.807) is 16.0 Å². The molecule has 0 bridgehead atoms.